The molecule has 0 bridgehead atoms. The third-order valence-corrected chi connectivity index (χ3v) is 5.33. The van der Waals surface area contributed by atoms with Crippen molar-refractivity contribution in [1.29, 1.82) is 0 Å². The minimum Gasteiger partial charge on any atom is -1.00 e. The zero-order valence-corrected chi connectivity index (χ0v) is 20.4. The number of quaternary nitrogens is 1. The van der Waals surface area contributed by atoms with Gasteiger partial charge in [-0.1, -0.05) is 89.3 Å². The molecule has 0 saturated carbocycles. The zero-order valence-electron chi connectivity index (χ0n) is 18.2. The van der Waals surface area contributed by atoms with Gasteiger partial charge in [0.15, 0.2) is 0 Å². The highest BCUT2D eigenvalue weighted by Crippen LogP contribution is 2.13. The highest BCUT2D eigenvalue weighted by atomic mass is 127. The molecule has 0 heterocycles. The minimum absolute atomic E-state index is 0. The molecule has 27 heavy (non-hydrogen) atoms. The molecule has 0 spiro atoms. The molecule has 1 aromatic rings. The van der Waals surface area contributed by atoms with Crippen LogP contribution in [0.2, 0.25) is 0 Å². The van der Waals surface area contributed by atoms with Crippen LogP contribution in [0.15, 0.2) is 30.3 Å². The Kier molecular flexibility index (Phi) is 17.6. The van der Waals surface area contributed by atoms with Crippen LogP contribution in [0.4, 0.5) is 0 Å². The Morgan fingerprint density at radius 3 is 1.67 bits per heavy atom. The lowest BCUT2D eigenvalue weighted by molar-refractivity contribution is -0.890. The standard InChI is InChI=1S/C24H44NO.HI/c1-4-5-6-7-8-9-10-11-12-13-14-18-21-25(2,3)22-23-26-24-19-16-15-17-20-24;/h15-17,19-20H,4-14,18,21-23H2,1-3H3;1H/q+1;/p-1. The van der Waals surface area contributed by atoms with E-state index < -0.39 is 0 Å². The Balaban J connectivity index is 0.00000676. The van der Waals surface area contributed by atoms with E-state index in [1.54, 1.807) is 0 Å². The highest BCUT2D eigenvalue weighted by molar-refractivity contribution is 5.20. The van der Waals surface area contributed by atoms with Gasteiger partial charge in [0.25, 0.3) is 0 Å². The van der Waals surface area contributed by atoms with Crippen LogP contribution < -0.4 is 28.7 Å². The zero-order chi connectivity index (χ0) is 18.9. The molecule has 0 atom stereocenters. The lowest BCUT2D eigenvalue weighted by Crippen LogP contribution is -3.00. The van der Waals surface area contributed by atoms with E-state index in [1.165, 1.54) is 83.6 Å². The first-order chi connectivity index (χ1) is 12.6. The number of halogens is 1. The van der Waals surface area contributed by atoms with Crippen LogP contribution in [0, 0.1) is 0 Å². The lowest BCUT2D eigenvalue weighted by Gasteiger charge is -2.29. The van der Waals surface area contributed by atoms with Crippen LogP contribution in [-0.4, -0.2) is 38.3 Å². The van der Waals surface area contributed by atoms with Crippen molar-refractivity contribution in [2.45, 2.75) is 84.0 Å². The fraction of sp³-hybridized carbons (Fsp3) is 0.750. The second-order valence-corrected chi connectivity index (χ2v) is 8.43. The van der Waals surface area contributed by atoms with Crippen LogP contribution in [0.1, 0.15) is 84.0 Å². The van der Waals surface area contributed by atoms with Gasteiger partial charge in [-0.2, -0.15) is 0 Å². The maximum atomic E-state index is 5.84. The summed E-state index contributed by atoms with van der Waals surface area (Å²) in [5.74, 6) is 0.984. The third kappa shape index (κ3) is 16.4. The molecule has 1 aromatic carbocycles. The van der Waals surface area contributed by atoms with Crippen molar-refractivity contribution in [3.8, 4) is 5.75 Å². The molecular formula is C24H44INO. The number of benzene rings is 1. The van der Waals surface area contributed by atoms with Crippen molar-refractivity contribution in [3.05, 3.63) is 30.3 Å². The molecule has 0 aliphatic heterocycles. The number of unbranched alkanes of at least 4 members (excludes halogenated alkanes) is 11. The number of rotatable bonds is 17. The van der Waals surface area contributed by atoms with Crippen molar-refractivity contribution in [1.82, 2.24) is 0 Å². The molecule has 0 amide bonds. The monoisotopic (exact) mass is 489 g/mol. The molecule has 0 N–H and O–H groups in total. The molecule has 1 rings (SSSR count). The van der Waals surface area contributed by atoms with Crippen molar-refractivity contribution in [2.24, 2.45) is 0 Å². The highest BCUT2D eigenvalue weighted by Gasteiger charge is 2.14. The van der Waals surface area contributed by atoms with Crippen molar-refractivity contribution >= 4 is 0 Å². The normalized spacial score (nSPS) is 11.2. The molecule has 0 saturated heterocycles. The summed E-state index contributed by atoms with van der Waals surface area (Å²) >= 11 is 0. The van der Waals surface area contributed by atoms with Crippen LogP contribution in [0.3, 0.4) is 0 Å². The molecule has 0 fully saturated rings. The first-order valence-corrected chi connectivity index (χ1v) is 11.1. The van der Waals surface area contributed by atoms with Gasteiger partial charge in [0.2, 0.25) is 0 Å². The van der Waals surface area contributed by atoms with Gasteiger partial charge in [-0.05, 0) is 25.0 Å². The second-order valence-electron chi connectivity index (χ2n) is 8.43. The first-order valence-electron chi connectivity index (χ1n) is 11.1. The van der Waals surface area contributed by atoms with E-state index in [2.05, 4.69) is 21.0 Å². The molecule has 3 heteroatoms. The van der Waals surface area contributed by atoms with Gasteiger partial charge in [-0.25, -0.2) is 0 Å². The number of likely N-dealkylation sites (N-methyl/N-ethyl adjacent to an activating group) is 1. The summed E-state index contributed by atoms with van der Waals surface area (Å²) in [6.45, 7) is 5.43. The number of hydrogen-bond donors (Lipinski definition) is 0. The topological polar surface area (TPSA) is 9.23 Å². The van der Waals surface area contributed by atoms with Crippen LogP contribution in [-0.2, 0) is 0 Å². The first kappa shape index (κ1) is 26.7. The van der Waals surface area contributed by atoms with Gasteiger partial charge in [0, 0.05) is 0 Å². The Bertz CT molecular complexity index is 422. The van der Waals surface area contributed by atoms with Crippen molar-refractivity contribution in [2.75, 3.05) is 33.8 Å². The summed E-state index contributed by atoms with van der Waals surface area (Å²) in [5, 5.41) is 0. The molecule has 0 aromatic heterocycles. The molecule has 0 aliphatic carbocycles. The third-order valence-electron chi connectivity index (χ3n) is 5.33. The average molecular weight is 490 g/mol. The summed E-state index contributed by atoms with van der Waals surface area (Å²) < 4.78 is 6.90. The SMILES string of the molecule is CCCCCCCCCCCCCC[N+](C)(C)CCOc1ccccc1.[I-]. The van der Waals surface area contributed by atoms with E-state index in [-0.39, 0.29) is 24.0 Å². The van der Waals surface area contributed by atoms with Crippen molar-refractivity contribution < 1.29 is 33.2 Å². The Labute approximate surface area is 186 Å². The predicted molar refractivity (Wildman–Crippen MR) is 115 cm³/mol. The Hall–Kier alpha value is -0.290. The van der Waals surface area contributed by atoms with Gasteiger partial charge in [-0.3, -0.25) is 0 Å². The summed E-state index contributed by atoms with van der Waals surface area (Å²) in [6.07, 6.45) is 17.1. The van der Waals surface area contributed by atoms with Crippen molar-refractivity contribution in [3.63, 3.8) is 0 Å². The van der Waals surface area contributed by atoms with E-state index in [1.807, 2.05) is 30.3 Å². The molecule has 0 radical (unpaired) electrons. The molecule has 0 unspecified atom stereocenters. The minimum atomic E-state index is 0. The van der Waals surface area contributed by atoms with E-state index >= 15 is 0 Å². The predicted octanol–water partition coefficient (Wildman–Crippen LogP) is 3.85. The molecular weight excluding hydrogens is 445 g/mol. The molecule has 0 aliphatic rings. The Morgan fingerprint density at radius 1 is 0.667 bits per heavy atom. The quantitative estimate of drug-likeness (QED) is 0.184. The number of para-hydroxylation sites is 1. The number of nitrogens with zero attached hydrogens (tertiary/aromatic N) is 1. The number of hydrogen-bond acceptors (Lipinski definition) is 1. The maximum absolute atomic E-state index is 5.84. The fourth-order valence-corrected chi connectivity index (χ4v) is 3.42. The van der Waals surface area contributed by atoms with Gasteiger partial charge < -0.3 is 33.2 Å². The van der Waals surface area contributed by atoms with Gasteiger partial charge >= 0.3 is 0 Å². The van der Waals surface area contributed by atoms with E-state index in [9.17, 15) is 0 Å². The van der Waals surface area contributed by atoms with E-state index in [0.29, 0.717) is 0 Å². The lowest BCUT2D eigenvalue weighted by atomic mass is 10.1. The number of ether oxygens (including phenoxy) is 1. The molecule has 158 valence electrons. The summed E-state index contributed by atoms with van der Waals surface area (Å²) in [7, 11) is 4.65. The molecule has 2 nitrogen and oxygen atoms in total. The second kappa shape index (κ2) is 17.8. The van der Waals surface area contributed by atoms with Crippen LogP contribution >= 0.6 is 0 Å². The Morgan fingerprint density at radius 2 is 1.15 bits per heavy atom. The largest absolute Gasteiger partial charge is 1.00 e. The maximum Gasteiger partial charge on any atom is 0.137 e. The summed E-state index contributed by atoms with van der Waals surface area (Å²) in [5.41, 5.74) is 0. The van der Waals surface area contributed by atoms with Crippen LogP contribution in [0.5, 0.6) is 5.75 Å². The smallest absolute Gasteiger partial charge is 0.137 e. The van der Waals surface area contributed by atoms with Crippen LogP contribution in [0.25, 0.3) is 0 Å². The van der Waals surface area contributed by atoms with Gasteiger partial charge in [0.05, 0.1) is 20.6 Å². The van der Waals surface area contributed by atoms with Gasteiger partial charge in [0.1, 0.15) is 18.9 Å². The van der Waals surface area contributed by atoms with Gasteiger partial charge in [-0.15, -0.1) is 0 Å². The average Bonchev–Trinajstić information content (AvgIpc) is 2.63. The van der Waals surface area contributed by atoms with E-state index in [4.69, 9.17) is 4.74 Å². The van der Waals surface area contributed by atoms with E-state index in [0.717, 1.165) is 23.4 Å². The summed E-state index contributed by atoms with van der Waals surface area (Å²) in [6, 6.07) is 10.2. The fourth-order valence-electron chi connectivity index (χ4n) is 3.42. The summed E-state index contributed by atoms with van der Waals surface area (Å²) in [4.78, 5) is 0.